The Kier molecular flexibility index (Phi) is 9.16. The van der Waals surface area contributed by atoms with Crippen molar-refractivity contribution >= 4 is 35.8 Å². The van der Waals surface area contributed by atoms with E-state index < -0.39 is 0 Å². The lowest BCUT2D eigenvalue weighted by Crippen LogP contribution is -2.45. The molecule has 0 aliphatic carbocycles. The molecular formula is C22H32IN5O. The molecule has 0 spiro atoms. The molecule has 2 aromatic rings. The van der Waals surface area contributed by atoms with Crippen LogP contribution in [-0.4, -0.2) is 43.3 Å². The van der Waals surface area contributed by atoms with Crippen LogP contribution >= 0.6 is 24.0 Å². The lowest BCUT2D eigenvalue weighted by atomic mass is 10.1. The van der Waals surface area contributed by atoms with E-state index in [0.717, 1.165) is 30.4 Å². The lowest BCUT2D eigenvalue weighted by Gasteiger charge is -2.36. The summed E-state index contributed by atoms with van der Waals surface area (Å²) < 4.78 is 5.80. The van der Waals surface area contributed by atoms with Crippen LogP contribution in [0.1, 0.15) is 37.9 Å². The Morgan fingerprint density at radius 3 is 2.45 bits per heavy atom. The summed E-state index contributed by atoms with van der Waals surface area (Å²) in [6, 6.07) is 14.7. The number of ether oxygens (including phenoxy) is 1. The third kappa shape index (κ3) is 6.85. The Bertz CT molecular complexity index is 759. The van der Waals surface area contributed by atoms with Crippen molar-refractivity contribution in [2.75, 3.05) is 25.0 Å². The molecule has 3 rings (SSSR count). The van der Waals surface area contributed by atoms with Crippen LogP contribution in [0.3, 0.4) is 0 Å². The number of guanidine groups is 1. The van der Waals surface area contributed by atoms with Crippen LogP contribution in [0.25, 0.3) is 0 Å². The molecule has 0 saturated carbocycles. The van der Waals surface area contributed by atoms with E-state index in [1.165, 1.54) is 5.56 Å². The predicted molar refractivity (Wildman–Crippen MR) is 130 cm³/mol. The minimum absolute atomic E-state index is 0. The maximum atomic E-state index is 5.80. The van der Waals surface area contributed by atoms with Crippen LogP contribution in [0.4, 0.5) is 5.82 Å². The van der Waals surface area contributed by atoms with Crippen LogP contribution in [0.5, 0.6) is 0 Å². The molecule has 1 aliphatic rings. The van der Waals surface area contributed by atoms with Crippen LogP contribution in [0.2, 0.25) is 0 Å². The first kappa shape index (κ1) is 23.4. The van der Waals surface area contributed by atoms with Gasteiger partial charge in [0.25, 0.3) is 0 Å². The molecule has 6 nitrogen and oxygen atoms in total. The first-order valence-electron chi connectivity index (χ1n) is 9.92. The zero-order valence-corrected chi connectivity index (χ0v) is 20.0. The number of halogens is 1. The molecule has 0 radical (unpaired) electrons. The summed E-state index contributed by atoms with van der Waals surface area (Å²) in [5, 5.41) is 6.79. The molecule has 3 unspecified atom stereocenters. The summed E-state index contributed by atoms with van der Waals surface area (Å²) in [5.74, 6) is 1.78. The number of anilines is 1. The average molecular weight is 509 g/mol. The monoisotopic (exact) mass is 509 g/mol. The van der Waals surface area contributed by atoms with Gasteiger partial charge in [0.05, 0.1) is 18.2 Å². The summed E-state index contributed by atoms with van der Waals surface area (Å²) in [7, 11) is 1.79. The molecule has 3 atom stereocenters. The molecule has 1 aliphatic heterocycles. The molecule has 7 heteroatoms. The van der Waals surface area contributed by atoms with Crippen molar-refractivity contribution in [1.82, 2.24) is 15.6 Å². The number of aliphatic imine (C=N–C) groups is 1. The van der Waals surface area contributed by atoms with E-state index in [4.69, 9.17) is 4.74 Å². The van der Waals surface area contributed by atoms with Gasteiger partial charge in [0, 0.05) is 32.9 Å². The van der Waals surface area contributed by atoms with Gasteiger partial charge in [-0.3, -0.25) is 4.99 Å². The zero-order chi connectivity index (χ0) is 19.9. The highest BCUT2D eigenvalue weighted by molar-refractivity contribution is 14.0. The van der Waals surface area contributed by atoms with Crippen molar-refractivity contribution in [1.29, 1.82) is 0 Å². The van der Waals surface area contributed by atoms with Gasteiger partial charge in [-0.2, -0.15) is 0 Å². The first-order chi connectivity index (χ1) is 13.5. The summed E-state index contributed by atoms with van der Waals surface area (Å²) in [4.78, 5) is 11.3. The largest absolute Gasteiger partial charge is 0.372 e. The van der Waals surface area contributed by atoms with Gasteiger partial charge in [-0.1, -0.05) is 36.4 Å². The normalized spacial score (nSPS) is 20.6. The van der Waals surface area contributed by atoms with E-state index in [9.17, 15) is 0 Å². The summed E-state index contributed by atoms with van der Waals surface area (Å²) in [6.45, 7) is 8.77. The number of nitrogens with zero attached hydrogens (tertiary/aromatic N) is 3. The number of nitrogens with one attached hydrogen (secondary N) is 2. The van der Waals surface area contributed by atoms with Gasteiger partial charge >= 0.3 is 0 Å². The van der Waals surface area contributed by atoms with E-state index in [2.05, 4.69) is 70.5 Å². The molecule has 0 bridgehead atoms. The third-order valence-electron chi connectivity index (χ3n) is 4.89. The maximum Gasteiger partial charge on any atom is 0.191 e. The van der Waals surface area contributed by atoms with Crippen LogP contribution in [0.15, 0.2) is 53.7 Å². The van der Waals surface area contributed by atoms with Crippen molar-refractivity contribution in [2.45, 2.75) is 45.6 Å². The minimum Gasteiger partial charge on any atom is -0.372 e. The van der Waals surface area contributed by atoms with Crippen molar-refractivity contribution in [3.8, 4) is 0 Å². The van der Waals surface area contributed by atoms with Crippen molar-refractivity contribution in [2.24, 2.45) is 4.99 Å². The van der Waals surface area contributed by atoms with Gasteiger partial charge in [0.15, 0.2) is 5.96 Å². The average Bonchev–Trinajstić information content (AvgIpc) is 2.71. The molecule has 1 saturated heterocycles. The summed E-state index contributed by atoms with van der Waals surface area (Å²) in [6.07, 6.45) is 2.39. The Hall–Kier alpha value is -1.87. The quantitative estimate of drug-likeness (QED) is 0.366. The second kappa shape index (κ2) is 11.3. The Labute approximate surface area is 191 Å². The van der Waals surface area contributed by atoms with Gasteiger partial charge in [-0.05, 0) is 38.0 Å². The van der Waals surface area contributed by atoms with Gasteiger partial charge < -0.3 is 20.3 Å². The highest BCUT2D eigenvalue weighted by Gasteiger charge is 2.22. The highest BCUT2D eigenvalue weighted by Crippen LogP contribution is 2.18. The third-order valence-corrected chi connectivity index (χ3v) is 4.89. The fourth-order valence-corrected chi connectivity index (χ4v) is 3.48. The van der Waals surface area contributed by atoms with Crippen molar-refractivity contribution < 1.29 is 4.74 Å². The van der Waals surface area contributed by atoms with E-state index >= 15 is 0 Å². The summed E-state index contributed by atoms with van der Waals surface area (Å²) in [5.41, 5.74) is 2.35. The molecule has 1 aromatic carbocycles. The number of hydrogen-bond acceptors (Lipinski definition) is 4. The summed E-state index contributed by atoms with van der Waals surface area (Å²) >= 11 is 0. The highest BCUT2D eigenvalue weighted by atomic mass is 127. The first-order valence-corrected chi connectivity index (χ1v) is 9.92. The molecule has 29 heavy (non-hydrogen) atoms. The van der Waals surface area contributed by atoms with Crippen molar-refractivity contribution in [3.05, 3.63) is 59.8 Å². The van der Waals surface area contributed by atoms with Crippen LogP contribution in [0, 0.1) is 0 Å². The molecule has 1 aromatic heterocycles. The molecule has 2 N–H and O–H groups in total. The number of rotatable bonds is 5. The molecular weight excluding hydrogens is 477 g/mol. The van der Waals surface area contributed by atoms with E-state index in [-0.39, 0.29) is 42.2 Å². The Morgan fingerprint density at radius 2 is 1.86 bits per heavy atom. The topological polar surface area (TPSA) is 61.8 Å². The van der Waals surface area contributed by atoms with Gasteiger partial charge in [0.1, 0.15) is 5.82 Å². The number of hydrogen-bond donors (Lipinski definition) is 2. The van der Waals surface area contributed by atoms with Gasteiger partial charge in [0.2, 0.25) is 0 Å². The fraction of sp³-hybridized carbons (Fsp3) is 0.455. The van der Waals surface area contributed by atoms with E-state index in [0.29, 0.717) is 6.54 Å². The van der Waals surface area contributed by atoms with Crippen LogP contribution in [-0.2, 0) is 11.3 Å². The van der Waals surface area contributed by atoms with Gasteiger partial charge in [-0.25, -0.2) is 4.98 Å². The Balaban J connectivity index is 0.00000300. The van der Waals surface area contributed by atoms with Crippen molar-refractivity contribution in [3.63, 3.8) is 0 Å². The number of pyridine rings is 1. The second-order valence-electron chi connectivity index (χ2n) is 7.39. The smallest absolute Gasteiger partial charge is 0.191 e. The minimum atomic E-state index is 0. The zero-order valence-electron chi connectivity index (χ0n) is 17.6. The van der Waals surface area contributed by atoms with E-state index in [1.807, 2.05) is 24.4 Å². The predicted octanol–water partition coefficient (Wildman–Crippen LogP) is 3.74. The SMILES string of the molecule is CN=C(NCc1ccc(N2CC(C)OC(C)C2)nc1)NC(C)c1ccccc1.I. The molecule has 0 amide bonds. The Morgan fingerprint density at radius 1 is 1.17 bits per heavy atom. The standard InChI is InChI=1S/C22H31N5O.HI/c1-16-14-27(15-17(2)28-16)21-11-10-19(12-24-21)13-25-22(23-4)26-18(3)20-8-6-5-7-9-20;/h5-12,16-18H,13-15H2,1-4H3,(H2,23,25,26);1H. The van der Waals surface area contributed by atoms with Crippen LogP contribution < -0.4 is 15.5 Å². The van der Waals surface area contributed by atoms with Gasteiger partial charge in [-0.15, -0.1) is 24.0 Å². The number of aromatic nitrogens is 1. The molecule has 2 heterocycles. The lowest BCUT2D eigenvalue weighted by molar-refractivity contribution is -0.00545. The molecule has 158 valence electrons. The van der Waals surface area contributed by atoms with E-state index in [1.54, 1.807) is 7.05 Å². The fourth-order valence-electron chi connectivity index (χ4n) is 3.48. The molecule has 1 fully saturated rings. The number of benzene rings is 1. The second-order valence-corrected chi connectivity index (χ2v) is 7.39. The maximum absolute atomic E-state index is 5.80. The number of morpholine rings is 1.